The zero-order chi connectivity index (χ0) is 33.9. The second-order valence-corrected chi connectivity index (χ2v) is 11.4. The summed E-state index contributed by atoms with van der Waals surface area (Å²) in [5.74, 6) is 0.870. The number of nitrogens with one attached hydrogen (secondary N) is 5. The maximum Gasteiger partial charge on any atom is 0.239 e. The van der Waals surface area contributed by atoms with Crippen LogP contribution >= 0.6 is 0 Å². The molecule has 0 aliphatic carbocycles. The number of rotatable bonds is 17. The molecule has 16 heteroatoms. The van der Waals surface area contributed by atoms with Crippen molar-refractivity contribution in [1.29, 1.82) is 0 Å². The number of anilines is 1. The highest BCUT2D eigenvalue weighted by atomic mass is 16.2. The zero-order valence-corrected chi connectivity index (χ0v) is 27.1. The number of tetrazole rings is 1. The van der Waals surface area contributed by atoms with Gasteiger partial charge in [0.15, 0.2) is 0 Å². The third-order valence-corrected chi connectivity index (χ3v) is 7.59. The highest BCUT2D eigenvalue weighted by molar-refractivity contribution is 6.11. The Hall–Kier alpha value is -5.48. The molecule has 0 unspecified atom stereocenters. The lowest BCUT2D eigenvalue weighted by Crippen LogP contribution is -2.43. The lowest BCUT2D eigenvalue weighted by atomic mass is 10.1. The van der Waals surface area contributed by atoms with E-state index in [-0.39, 0.29) is 25.5 Å². The number of carbonyl (C=O) groups excluding carboxylic acids is 3. The molecule has 5 rings (SSSR count). The summed E-state index contributed by atoms with van der Waals surface area (Å²) < 4.78 is 0. The van der Waals surface area contributed by atoms with Crippen molar-refractivity contribution >= 4 is 45.5 Å². The van der Waals surface area contributed by atoms with Crippen molar-refractivity contribution in [2.24, 2.45) is 12.8 Å². The van der Waals surface area contributed by atoms with E-state index in [1.165, 1.54) is 4.80 Å². The minimum absolute atomic E-state index is 0.154. The summed E-state index contributed by atoms with van der Waals surface area (Å²) >= 11 is 0. The number of aromatic amines is 1. The predicted octanol–water partition coefficient (Wildman–Crippen LogP) is 0.324. The van der Waals surface area contributed by atoms with Gasteiger partial charge in [-0.1, -0.05) is 42.5 Å². The standard InChI is InChI=1S/C32H41N13O3/c1-44(14-6-12-34-27(47)19-37-28(48)20-36-26(46)18-33)15-7-13-35-31-29-23-11-10-22(30-41-43-45(2)42-30)17-24(23)38-32(29)40-25(39-31)16-21-8-4-3-5-9-21/h3-5,8-11,17H,6-7,12-16,18-20,33H2,1-2H3,(H,34,47)(H,36,46)(H,37,48)(H2,35,38,39,40). The van der Waals surface area contributed by atoms with Gasteiger partial charge in [-0.25, -0.2) is 9.97 Å². The van der Waals surface area contributed by atoms with Gasteiger partial charge in [0, 0.05) is 36.0 Å². The van der Waals surface area contributed by atoms with Crippen LogP contribution in [0.4, 0.5) is 5.82 Å². The molecule has 2 aromatic carbocycles. The number of nitrogens with two attached hydrogens (primary N) is 1. The second kappa shape index (κ2) is 16.4. The van der Waals surface area contributed by atoms with Gasteiger partial charge < -0.3 is 36.9 Å². The number of fused-ring (bicyclic) bond motifs is 3. The highest BCUT2D eigenvalue weighted by Gasteiger charge is 2.16. The minimum Gasteiger partial charge on any atom is -0.369 e. The predicted molar refractivity (Wildman–Crippen MR) is 182 cm³/mol. The Morgan fingerprint density at radius 3 is 2.38 bits per heavy atom. The normalized spacial score (nSPS) is 11.2. The third kappa shape index (κ3) is 9.29. The Morgan fingerprint density at radius 1 is 0.917 bits per heavy atom. The van der Waals surface area contributed by atoms with Crippen molar-refractivity contribution in [3.63, 3.8) is 0 Å². The molecule has 0 fully saturated rings. The lowest BCUT2D eigenvalue weighted by Gasteiger charge is -2.17. The van der Waals surface area contributed by atoms with Crippen LogP contribution in [0.1, 0.15) is 24.2 Å². The van der Waals surface area contributed by atoms with Gasteiger partial charge in [-0.2, -0.15) is 4.80 Å². The first kappa shape index (κ1) is 33.9. The number of amides is 3. The van der Waals surface area contributed by atoms with E-state index in [2.05, 4.69) is 58.7 Å². The fraction of sp³-hybridized carbons (Fsp3) is 0.375. The van der Waals surface area contributed by atoms with Crippen LogP contribution < -0.4 is 27.0 Å². The summed E-state index contributed by atoms with van der Waals surface area (Å²) in [5.41, 5.74) is 8.84. The largest absolute Gasteiger partial charge is 0.369 e. The summed E-state index contributed by atoms with van der Waals surface area (Å²) in [6, 6.07) is 16.2. The molecule has 0 radical (unpaired) electrons. The molecule has 5 aromatic rings. The molecule has 0 spiro atoms. The summed E-state index contributed by atoms with van der Waals surface area (Å²) in [6.45, 7) is 2.26. The first-order valence-electron chi connectivity index (χ1n) is 15.8. The van der Waals surface area contributed by atoms with Crippen LogP contribution in [0.25, 0.3) is 33.3 Å². The summed E-state index contributed by atoms with van der Waals surface area (Å²) in [4.78, 5) is 51.8. The summed E-state index contributed by atoms with van der Waals surface area (Å²) in [7, 11) is 3.78. The topological polar surface area (TPSA) is 214 Å². The van der Waals surface area contributed by atoms with E-state index >= 15 is 0 Å². The van der Waals surface area contributed by atoms with Crippen molar-refractivity contribution in [3.8, 4) is 11.4 Å². The summed E-state index contributed by atoms with van der Waals surface area (Å²) in [5, 5.41) is 25.5. The molecule has 0 aliphatic rings. The van der Waals surface area contributed by atoms with E-state index in [1.54, 1.807) is 7.05 Å². The zero-order valence-electron chi connectivity index (χ0n) is 27.1. The molecule has 3 aromatic heterocycles. The first-order valence-corrected chi connectivity index (χ1v) is 15.8. The maximum absolute atomic E-state index is 12.0. The lowest BCUT2D eigenvalue weighted by molar-refractivity contribution is -0.127. The van der Waals surface area contributed by atoms with Crippen LogP contribution in [0.5, 0.6) is 0 Å². The smallest absolute Gasteiger partial charge is 0.239 e. The molecule has 0 saturated carbocycles. The van der Waals surface area contributed by atoms with E-state index in [1.807, 2.05) is 43.4 Å². The Balaban J connectivity index is 1.14. The van der Waals surface area contributed by atoms with E-state index in [4.69, 9.17) is 15.7 Å². The van der Waals surface area contributed by atoms with Gasteiger partial charge >= 0.3 is 0 Å². The number of aryl methyl sites for hydroxylation is 1. The molecule has 7 N–H and O–H groups in total. The number of benzene rings is 2. The Bertz CT molecular complexity index is 1850. The van der Waals surface area contributed by atoms with Crippen LogP contribution in [0.2, 0.25) is 0 Å². The van der Waals surface area contributed by atoms with Crippen molar-refractivity contribution in [3.05, 3.63) is 59.9 Å². The van der Waals surface area contributed by atoms with Gasteiger partial charge in [0.2, 0.25) is 23.5 Å². The molecule has 0 saturated heterocycles. The van der Waals surface area contributed by atoms with Crippen molar-refractivity contribution < 1.29 is 14.4 Å². The van der Waals surface area contributed by atoms with Gasteiger partial charge in [0.25, 0.3) is 0 Å². The van der Waals surface area contributed by atoms with Gasteiger partial charge in [-0.05, 0) is 49.8 Å². The SMILES string of the molecule is CN(CCCNC(=O)CNC(=O)CNC(=O)CN)CCCNc1nc(Cc2ccccc2)nc2[nH]c3cc(-c4nnn(C)n4)ccc3c12. The minimum atomic E-state index is -0.454. The quantitative estimate of drug-likeness (QED) is 0.0751. The van der Waals surface area contributed by atoms with Crippen molar-refractivity contribution in [2.75, 3.05) is 58.2 Å². The Morgan fingerprint density at radius 2 is 1.65 bits per heavy atom. The Labute approximate surface area is 277 Å². The third-order valence-electron chi connectivity index (χ3n) is 7.59. The molecule has 3 amide bonds. The number of aromatic nitrogens is 7. The molecular weight excluding hydrogens is 614 g/mol. The van der Waals surface area contributed by atoms with Crippen molar-refractivity contribution in [2.45, 2.75) is 19.3 Å². The van der Waals surface area contributed by atoms with Crippen LogP contribution in [-0.2, 0) is 27.9 Å². The highest BCUT2D eigenvalue weighted by Crippen LogP contribution is 2.32. The number of carbonyl (C=O) groups is 3. The molecule has 0 bridgehead atoms. The van der Waals surface area contributed by atoms with E-state index in [0.29, 0.717) is 25.3 Å². The molecule has 252 valence electrons. The first-order chi connectivity index (χ1) is 23.3. The van der Waals surface area contributed by atoms with Crippen LogP contribution in [0, 0.1) is 0 Å². The van der Waals surface area contributed by atoms with E-state index in [0.717, 1.165) is 70.6 Å². The monoisotopic (exact) mass is 655 g/mol. The number of hydrogen-bond donors (Lipinski definition) is 6. The summed E-state index contributed by atoms with van der Waals surface area (Å²) in [6.07, 6.45) is 2.24. The average molecular weight is 656 g/mol. The average Bonchev–Trinajstić information content (AvgIpc) is 3.69. The van der Waals surface area contributed by atoms with Gasteiger partial charge in [0.05, 0.1) is 32.1 Å². The van der Waals surface area contributed by atoms with Gasteiger partial charge in [0.1, 0.15) is 17.3 Å². The fourth-order valence-electron chi connectivity index (χ4n) is 5.17. The number of nitrogens with zero attached hydrogens (tertiary/aromatic N) is 7. The molecule has 0 aliphatic heterocycles. The molecular formula is C32H41N13O3. The fourth-order valence-corrected chi connectivity index (χ4v) is 5.17. The van der Waals surface area contributed by atoms with Crippen LogP contribution in [-0.4, -0.2) is 111 Å². The molecule has 16 nitrogen and oxygen atoms in total. The van der Waals surface area contributed by atoms with E-state index < -0.39 is 11.8 Å². The van der Waals surface area contributed by atoms with Crippen LogP contribution in [0.3, 0.4) is 0 Å². The number of hydrogen-bond acceptors (Lipinski definition) is 11. The molecule has 48 heavy (non-hydrogen) atoms. The Kier molecular flexibility index (Phi) is 11.6. The molecule has 3 heterocycles. The van der Waals surface area contributed by atoms with Crippen molar-refractivity contribution in [1.82, 2.24) is 56.0 Å². The second-order valence-electron chi connectivity index (χ2n) is 11.4. The van der Waals surface area contributed by atoms with Gasteiger partial charge in [-0.3, -0.25) is 14.4 Å². The van der Waals surface area contributed by atoms with Crippen LogP contribution in [0.15, 0.2) is 48.5 Å². The van der Waals surface area contributed by atoms with Gasteiger partial charge in [-0.15, -0.1) is 10.2 Å². The molecule has 0 atom stereocenters. The number of H-pyrrole nitrogens is 1. The maximum atomic E-state index is 12.0. The van der Waals surface area contributed by atoms with E-state index in [9.17, 15) is 14.4 Å².